The molecule has 0 radical (unpaired) electrons. The zero-order valence-electron chi connectivity index (χ0n) is 13.5. The monoisotopic (exact) mass is 302 g/mol. The van der Waals surface area contributed by atoms with Crippen LogP contribution in [0.25, 0.3) is 32.7 Å². The van der Waals surface area contributed by atoms with Gasteiger partial charge in [-0.1, -0.05) is 57.2 Å². The highest BCUT2D eigenvalue weighted by atomic mass is 16.3. The van der Waals surface area contributed by atoms with Gasteiger partial charge in [0.25, 0.3) is 0 Å². The number of fused-ring (bicyclic) bond motifs is 4. The fraction of sp³-hybridized carbons (Fsp3) is 0.190. The summed E-state index contributed by atoms with van der Waals surface area (Å²) in [6, 6.07) is 17.7. The summed E-state index contributed by atoms with van der Waals surface area (Å²) in [5, 5.41) is 3.35. The maximum atomic E-state index is 12.7. The van der Waals surface area contributed by atoms with Gasteiger partial charge in [-0.15, -0.1) is 0 Å². The van der Waals surface area contributed by atoms with Crippen molar-refractivity contribution in [2.45, 2.75) is 26.2 Å². The lowest BCUT2D eigenvalue weighted by molar-refractivity contribution is 0.591. The molecule has 3 aromatic carbocycles. The van der Waals surface area contributed by atoms with Crippen LogP contribution in [0.5, 0.6) is 0 Å². The van der Waals surface area contributed by atoms with Crippen molar-refractivity contribution in [1.29, 1.82) is 0 Å². The lowest BCUT2D eigenvalue weighted by Gasteiger charge is -2.19. The van der Waals surface area contributed by atoms with Crippen molar-refractivity contribution in [3.8, 4) is 0 Å². The normalized spacial score (nSPS) is 12.3. The van der Waals surface area contributed by atoms with Gasteiger partial charge >= 0.3 is 0 Å². The summed E-state index contributed by atoms with van der Waals surface area (Å²) in [7, 11) is 0. The second-order valence-electron chi connectivity index (χ2n) is 7.06. The summed E-state index contributed by atoms with van der Waals surface area (Å²) >= 11 is 0. The lowest BCUT2D eigenvalue weighted by Crippen LogP contribution is -2.10. The van der Waals surface area contributed by atoms with Crippen molar-refractivity contribution < 1.29 is 4.42 Å². The van der Waals surface area contributed by atoms with Crippen LogP contribution in [0.2, 0.25) is 0 Å². The number of para-hydroxylation sites is 1. The molecule has 0 atom stereocenters. The molecule has 0 unspecified atom stereocenters. The van der Waals surface area contributed by atoms with Crippen LogP contribution >= 0.6 is 0 Å². The van der Waals surface area contributed by atoms with Crippen LogP contribution in [0.15, 0.2) is 63.8 Å². The first-order chi connectivity index (χ1) is 10.9. The quantitative estimate of drug-likeness (QED) is 0.322. The van der Waals surface area contributed by atoms with Crippen molar-refractivity contribution in [2.75, 3.05) is 0 Å². The number of hydrogen-bond acceptors (Lipinski definition) is 2. The first kappa shape index (κ1) is 14.0. The summed E-state index contributed by atoms with van der Waals surface area (Å²) in [5.41, 5.74) is 2.70. The van der Waals surface area contributed by atoms with E-state index in [9.17, 15) is 4.79 Å². The number of benzene rings is 3. The highest BCUT2D eigenvalue weighted by Gasteiger charge is 2.15. The van der Waals surface area contributed by atoms with Crippen LogP contribution in [0.4, 0.5) is 0 Å². The zero-order chi connectivity index (χ0) is 16.2. The predicted octanol–water partition coefficient (Wildman–Crippen LogP) is 5.40. The molecule has 1 heterocycles. The average molecular weight is 302 g/mol. The minimum absolute atomic E-state index is 0.0312. The maximum Gasteiger partial charge on any atom is 0.200 e. The largest absolute Gasteiger partial charge is 0.455 e. The van der Waals surface area contributed by atoms with E-state index in [1.807, 2.05) is 36.4 Å². The van der Waals surface area contributed by atoms with Gasteiger partial charge in [0.1, 0.15) is 11.2 Å². The lowest BCUT2D eigenvalue weighted by atomic mass is 9.86. The number of hydrogen-bond donors (Lipinski definition) is 0. The smallest absolute Gasteiger partial charge is 0.200 e. The van der Waals surface area contributed by atoms with E-state index >= 15 is 0 Å². The molecule has 4 rings (SSSR count). The first-order valence-electron chi connectivity index (χ1n) is 7.84. The van der Waals surface area contributed by atoms with E-state index in [0.717, 1.165) is 10.8 Å². The minimum Gasteiger partial charge on any atom is -0.455 e. The van der Waals surface area contributed by atoms with Gasteiger partial charge in [-0.3, -0.25) is 4.79 Å². The first-order valence-corrected chi connectivity index (χ1v) is 7.84. The van der Waals surface area contributed by atoms with Crippen molar-refractivity contribution in [3.63, 3.8) is 0 Å². The van der Waals surface area contributed by atoms with Gasteiger partial charge in [-0.05, 0) is 34.6 Å². The molecule has 0 bridgehead atoms. The van der Waals surface area contributed by atoms with Gasteiger partial charge in [-0.25, -0.2) is 0 Å². The Morgan fingerprint density at radius 1 is 0.826 bits per heavy atom. The standard InChI is InChI=1S/C21H18O2/c1-21(2,3)14-9-11-15-13(12-14)8-10-17-19(22)16-6-4-5-7-18(16)23-20(15)17/h4-12H,1-3H3. The van der Waals surface area contributed by atoms with Gasteiger partial charge in [0, 0.05) is 5.39 Å². The summed E-state index contributed by atoms with van der Waals surface area (Å²) in [5.74, 6) is 0. The Bertz CT molecular complexity index is 1110. The summed E-state index contributed by atoms with van der Waals surface area (Å²) in [6.45, 7) is 6.59. The SMILES string of the molecule is CC(C)(C)c1ccc2c(ccc3c(=O)c4ccccc4oc32)c1. The Balaban J connectivity index is 2.14. The second-order valence-corrected chi connectivity index (χ2v) is 7.06. The van der Waals surface area contributed by atoms with E-state index in [0.29, 0.717) is 21.9 Å². The van der Waals surface area contributed by atoms with E-state index in [1.165, 1.54) is 5.56 Å². The molecule has 0 saturated heterocycles. The highest BCUT2D eigenvalue weighted by molar-refractivity contribution is 6.06. The van der Waals surface area contributed by atoms with Crippen molar-refractivity contribution in [3.05, 3.63) is 70.4 Å². The van der Waals surface area contributed by atoms with Crippen molar-refractivity contribution >= 4 is 32.7 Å². The minimum atomic E-state index is 0.0312. The van der Waals surface area contributed by atoms with Crippen LogP contribution < -0.4 is 5.43 Å². The molecular weight excluding hydrogens is 284 g/mol. The molecule has 0 saturated carbocycles. The molecule has 0 aliphatic rings. The van der Waals surface area contributed by atoms with E-state index in [2.05, 4.69) is 39.0 Å². The van der Waals surface area contributed by atoms with E-state index in [-0.39, 0.29) is 10.8 Å². The van der Waals surface area contributed by atoms with E-state index < -0.39 is 0 Å². The molecule has 0 N–H and O–H groups in total. The van der Waals surface area contributed by atoms with Gasteiger partial charge in [0.2, 0.25) is 5.43 Å². The van der Waals surface area contributed by atoms with Gasteiger partial charge in [0.15, 0.2) is 0 Å². The van der Waals surface area contributed by atoms with Gasteiger partial charge in [0.05, 0.1) is 10.8 Å². The van der Waals surface area contributed by atoms with Crippen LogP contribution in [-0.2, 0) is 5.41 Å². The molecule has 0 spiro atoms. The zero-order valence-corrected chi connectivity index (χ0v) is 13.5. The Morgan fingerprint density at radius 3 is 2.35 bits per heavy atom. The molecule has 4 aromatic rings. The van der Waals surface area contributed by atoms with Crippen LogP contribution in [0.3, 0.4) is 0 Å². The summed E-state index contributed by atoms with van der Waals surface area (Å²) in [6.07, 6.45) is 0. The highest BCUT2D eigenvalue weighted by Crippen LogP contribution is 2.30. The van der Waals surface area contributed by atoms with Crippen LogP contribution in [0.1, 0.15) is 26.3 Å². The average Bonchev–Trinajstić information content (AvgIpc) is 2.53. The molecule has 114 valence electrons. The molecule has 0 aliphatic heterocycles. The Kier molecular flexibility index (Phi) is 2.86. The van der Waals surface area contributed by atoms with Gasteiger partial charge in [-0.2, -0.15) is 0 Å². The van der Waals surface area contributed by atoms with Crippen LogP contribution in [-0.4, -0.2) is 0 Å². The van der Waals surface area contributed by atoms with Gasteiger partial charge < -0.3 is 4.42 Å². The molecule has 0 aliphatic carbocycles. The molecule has 2 nitrogen and oxygen atoms in total. The molecule has 1 aromatic heterocycles. The van der Waals surface area contributed by atoms with Crippen LogP contribution in [0, 0.1) is 0 Å². The summed E-state index contributed by atoms with van der Waals surface area (Å²) in [4.78, 5) is 12.7. The second kappa shape index (κ2) is 4.69. The topological polar surface area (TPSA) is 30.2 Å². The number of rotatable bonds is 0. The van der Waals surface area contributed by atoms with E-state index in [4.69, 9.17) is 4.42 Å². The third-order valence-corrected chi connectivity index (χ3v) is 4.42. The third kappa shape index (κ3) is 2.14. The Hall–Kier alpha value is -2.61. The van der Waals surface area contributed by atoms with Crippen molar-refractivity contribution in [1.82, 2.24) is 0 Å². The fourth-order valence-electron chi connectivity index (χ4n) is 3.05. The Morgan fingerprint density at radius 2 is 1.57 bits per heavy atom. The fourth-order valence-corrected chi connectivity index (χ4v) is 3.05. The predicted molar refractivity (Wildman–Crippen MR) is 96.2 cm³/mol. The van der Waals surface area contributed by atoms with E-state index in [1.54, 1.807) is 0 Å². The Labute approximate surface area is 134 Å². The molecule has 2 heteroatoms. The molecular formula is C21H18O2. The van der Waals surface area contributed by atoms with Crippen molar-refractivity contribution in [2.24, 2.45) is 0 Å². The maximum absolute atomic E-state index is 12.7. The molecule has 0 amide bonds. The molecule has 23 heavy (non-hydrogen) atoms. The molecule has 0 fully saturated rings. The summed E-state index contributed by atoms with van der Waals surface area (Å²) < 4.78 is 6.07. The third-order valence-electron chi connectivity index (χ3n) is 4.42.